The molecule has 2 saturated heterocycles. The number of carbonyl (C=O) groups is 1. The van der Waals surface area contributed by atoms with Crippen molar-refractivity contribution < 1.29 is 9.53 Å². The van der Waals surface area contributed by atoms with Crippen LogP contribution in [0.2, 0.25) is 0 Å². The zero-order valence-corrected chi connectivity index (χ0v) is 14.8. The lowest BCUT2D eigenvalue weighted by Gasteiger charge is -2.24. The highest BCUT2D eigenvalue weighted by Gasteiger charge is 2.31. The van der Waals surface area contributed by atoms with Crippen LogP contribution in [-0.2, 0) is 16.1 Å². The first-order valence-electron chi connectivity index (χ1n) is 9.13. The maximum atomic E-state index is 12.3. The van der Waals surface area contributed by atoms with Crippen LogP contribution in [0.3, 0.4) is 0 Å². The molecular weight excluding hydrogens is 306 g/mol. The topological polar surface area (TPSA) is 72.3 Å². The molecule has 2 atom stereocenters. The fourth-order valence-electron chi connectivity index (χ4n) is 3.64. The van der Waals surface area contributed by atoms with E-state index < -0.39 is 0 Å². The van der Waals surface area contributed by atoms with Crippen molar-refractivity contribution in [3.05, 3.63) is 12.2 Å². The van der Waals surface area contributed by atoms with E-state index in [4.69, 9.17) is 4.74 Å². The summed E-state index contributed by atoms with van der Waals surface area (Å²) in [5.41, 5.74) is 0. The number of ether oxygens (including phenoxy) is 1. The molecule has 3 rings (SSSR count). The largest absolute Gasteiger partial charge is 0.376 e. The van der Waals surface area contributed by atoms with E-state index in [-0.39, 0.29) is 18.1 Å². The zero-order valence-electron chi connectivity index (χ0n) is 14.8. The summed E-state index contributed by atoms with van der Waals surface area (Å²) in [4.78, 5) is 14.5. The summed E-state index contributed by atoms with van der Waals surface area (Å²) in [6.07, 6.45) is 6.28. The van der Waals surface area contributed by atoms with E-state index in [1.54, 1.807) is 0 Å². The molecule has 0 aromatic carbocycles. The molecule has 7 nitrogen and oxygen atoms in total. The number of nitrogens with one attached hydrogen (secondary N) is 1. The van der Waals surface area contributed by atoms with Crippen LogP contribution in [0.5, 0.6) is 0 Å². The van der Waals surface area contributed by atoms with Gasteiger partial charge in [-0.2, -0.15) is 0 Å². The van der Waals surface area contributed by atoms with Gasteiger partial charge in [-0.05, 0) is 38.1 Å². The van der Waals surface area contributed by atoms with E-state index in [9.17, 15) is 4.79 Å². The van der Waals surface area contributed by atoms with Crippen LogP contribution in [0.15, 0.2) is 6.33 Å². The average molecular weight is 335 g/mol. The highest BCUT2D eigenvalue weighted by molar-refractivity contribution is 5.78. The fourth-order valence-corrected chi connectivity index (χ4v) is 3.64. The molecule has 1 amide bonds. The quantitative estimate of drug-likeness (QED) is 0.815. The van der Waals surface area contributed by atoms with E-state index in [1.807, 2.05) is 6.33 Å². The lowest BCUT2D eigenvalue weighted by atomic mass is 10.2. The second-order valence-electron chi connectivity index (χ2n) is 7.30. The van der Waals surface area contributed by atoms with E-state index in [2.05, 4.69) is 38.8 Å². The van der Waals surface area contributed by atoms with Gasteiger partial charge in [-0.15, -0.1) is 10.2 Å². The standard InChI is InChI=1S/C17H29N5O2/c1-13(2)10-22-12-19-20-17(22)15-6-3-7-21(15)11-16(23)18-9-14-5-4-8-24-14/h12-15H,3-11H2,1-2H3,(H,18,23)/t14-,15-/m0/s1. The lowest BCUT2D eigenvalue weighted by Crippen LogP contribution is -2.40. The molecule has 0 bridgehead atoms. The van der Waals surface area contributed by atoms with Crippen LogP contribution < -0.4 is 5.32 Å². The molecule has 1 N–H and O–H groups in total. The number of likely N-dealkylation sites (tertiary alicyclic amines) is 1. The summed E-state index contributed by atoms with van der Waals surface area (Å²) in [6, 6.07) is 0.194. The summed E-state index contributed by atoms with van der Waals surface area (Å²) >= 11 is 0. The van der Waals surface area contributed by atoms with Crippen molar-refractivity contribution in [2.45, 2.75) is 58.2 Å². The number of rotatable bonds is 7. The Labute approximate surface area is 143 Å². The molecule has 3 heterocycles. The van der Waals surface area contributed by atoms with E-state index in [1.165, 1.54) is 0 Å². The Morgan fingerprint density at radius 2 is 2.29 bits per heavy atom. The molecule has 134 valence electrons. The first-order chi connectivity index (χ1) is 11.6. The first-order valence-corrected chi connectivity index (χ1v) is 9.13. The third kappa shape index (κ3) is 4.33. The third-order valence-electron chi connectivity index (χ3n) is 4.77. The van der Waals surface area contributed by atoms with Crippen molar-refractivity contribution in [2.24, 2.45) is 5.92 Å². The van der Waals surface area contributed by atoms with Gasteiger partial charge in [0.25, 0.3) is 0 Å². The molecule has 1 aromatic rings. The van der Waals surface area contributed by atoms with Crippen LogP contribution in [0.25, 0.3) is 0 Å². The highest BCUT2D eigenvalue weighted by Crippen LogP contribution is 2.30. The van der Waals surface area contributed by atoms with Gasteiger partial charge in [0.15, 0.2) is 0 Å². The Morgan fingerprint density at radius 1 is 1.42 bits per heavy atom. The second kappa shape index (κ2) is 8.07. The Bertz CT molecular complexity index is 539. The van der Waals surface area contributed by atoms with Gasteiger partial charge < -0.3 is 14.6 Å². The SMILES string of the molecule is CC(C)Cn1cnnc1[C@@H]1CCCN1CC(=O)NC[C@@H]1CCCO1. The van der Waals surface area contributed by atoms with Gasteiger partial charge in [0.05, 0.1) is 18.7 Å². The number of aromatic nitrogens is 3. The van der Waals surface area contributed by atoms with Gasteiger partial charge in [-0.1, -0.05) is 13.8 Å². The molecule has 2 aliphatic heterocycles. The predicted octanol–water partition coefficient (Wildman–Crippen LogP) is 1.37. The molecule has 0 unspecified atom stereocenters. The maximum Gasteiger partial charge on any atom is 0.234 e. The minimum absolute atomic E-state index is 0.0762. The summed E-state index contributed by atoms with van der Waals surface area (Å²) in [5, 5.41) is 11.4. The number of carbonyl (C=O) groups excluding carboxylic acids is 1. The van der Waals surface area contributed by atoms with Crippen molar-refractivity contribution in [3.8, 4) is 0 Å². The predicted molar refractivity (Wildman–Crippen MR) is 90.4 cm³/mol. The Hall–Kier alpha value is -1.47. The normalized spacial score (nSPS) is 24.8. The minimum Gasteiger partial charge on any atom is -0.376 e. The van der Waals surface area contributed by atoms with Crippen molar-refractivity contribution in [1.29, 1.82) is 0 Å². The maximum absolute atomic E-state index is 12.3. The van der Waals surface area contributed by atoms with Crippen LogP contribution in [0.4, 0.5) is 0 Å². The van der Waals surface area contributed by atoms with Gasteiger partial charge in [0.2, 0.25) is 5.91 Å². The van der Waals surface area contributed by atoms with Crippen molar-refractivity contribution in [1.82, 2.24) is 25.0 Å². The molecular formula is C17H29N5O2. The summed E-state index contributed by atoms with van der Waals surface area (Å²) in [5.74, 6) is 1.62. The Kier molecular flexibility index (Phi) is 5.84. The van der Waals surface area contributed by atoms with Crippen LogP contribution in [-0.4, -0.2) is 57.9 Å². The Balaban J connectivity index is 1.55. The Morgan fingerprint density at radius 3 is 3.04 bits per heavy atom. The second-order valence-corrected chi connectivity index (χ2v) is 7.30. The first kappa shape index (κ1) is 17.4. The fraction of sp³-hybridized carbons (Fsp3) is 0.824. The number of amides is 1. The van der Waals surface area contributed by atoms with Gasteiger partial charge in [-0.3, -0.25) is 9.69 Å². The molecule has 0 radical (unpaired) electrons. The van der Waals surface area contributed by atoms with E-state index in [0.717, 1.165) is 51.2 Å². The molecule has 0 spiro atoms. The lowest BCUT2D eigenvalue weighted by molar-refractivity contribution is -0.123. The molecule has 2 aliphatic rings. The van der Waals surface area contributed by atoms with Gasteiger partial charge in [0.1, 0.15) is 12.2 Å². The number of nitrogens with zero attached hydrogens (tertiary/aromatic N) is 4. The van der Waals surface area contributed by atoms with Gasteiger partial charge in [-0.25, -0.2) is 0 Å². The average Bonchev–Trinajstić information content (AvgIpc) is 3.25. The van der Waals surface area contributed by atoms with Gasteiger partial charge in [0, 0.05) is 19.7 Å². The van der Waals surface area contributed by atoms with E-state index >= 15 is 0 Å². The van der Waals surface area contributed by atoms with Crippen molar-refractivity contribution in [2.75, 3.05) is 26.2 Å². The van der Waals surface area contributed by atoms with Crippen LogP contribution in [0, 0.1) is 5.92 Å². The summed E-state index contributed by atoms with van der Waals surface area (Å²) < 4.78 is 7.69. The van der Waals surface area contributed by atoms with Gasteiger partial charge >= 0.3 is 0 Å². The summed E-state index contributed by atoms with van der Waals surface area (Å²) in [6.45, 7) is 8.10. The van der Waals surface area contributed by atoms with Crippen molar-refractivity contribution >= 4 is 5.91 Å². The molecule has 24 heavy (non-hydrogen) atoms. The number of hydrogen-bond acceptors (Lipinski definition) is 5. The van der Waals surface area contributed by atoms with Crippen LogP contribution >= 0.6 is 0 Å². The van der Waals surface area contributed by atoms with Crippen LogP contribution in [0.1, 0.15) is 51.4 Å². The zero-order chi connectivity index (χ0) is 16.9. The van der Waals surface area contributed by atoms with E-state index in [0.29, 0.717) is 19.0 Å². The monoisotopic (exact) mass is 335 g/mol. The molecule has 2 fully saturated rings. The summed E-state index contributed by atoms with van der Waals surface area (Å²) in [7, 11) is 0. The smallest absolute Gasteiger partial charge is 0.234 e. The molecule has 0 aliphatic carbocycles. The molecule has 1 aromatic heterocycles. The minimum atomic E-state index is 0.0762. The molecule has 0 saturated carbocycles. The van der Waals surface area contributed by atoms with Crippen molar-refractivity contribution in [3.63, 3.8) is 0 Å². The molecule has 7 heteroatoms. The highest BCUT2D eigenvalue weighted by atomic mass is 16.5. The number of hydrogen-bond donors (Lipinski definition) is 1. The third-order valence-corrected chi connectivity index (χ3v) is 4.77.